The zero-order valence-corrected chi connectivity index (χ0v) is 8.65. The number of alkyl halides is 3. The minimum absolute atomic E-state index is 0.294. The van der Waals surface area contributed by atoms with Gasteiger partial charge in [0.15, 0.2) is 0 Å². The Hall–Kier alpha value is -1.21. The molecule has 0 aliphatic rings. The van der Waals surface area contributed by atoms with Crippen LogP contribution in [0.4, 0.5) is 13.2 Å². The fourth-order valence-electron chi connectivity index (χ4n) is 1.07. The van der Waals surface area contributed by atoms with Crippen LogP contribution in [0.15, 0.2) is 18.2 Å². The molecule has 0 heterocycles. The van der Waals surface area contributed by atoms with Gasteiger partial charge in [0.2, 0.25) is 0 Å². The number of hydrogen-bond donors (Lipinski definition) is 0. The summed E-state index contributed by atoms with van der Waals surface area (Å²) in [6, 6.07) is 6.25. The Morgan fingerprint density at radius 2 is 2.07 bits per heavy atom. The van der Waals surface area contributed by atoms with Crippen molar-refractivity contribution in [3.8, 4) is 6.07 Å². The van der Waals surface area contributed by atoms with Crippen molar-refractivity contribution in [2.24, 2.45) is 0 Å². The molecule has 80 valence electrons. The van der Waals surface area contributed by atoms with Gasteiger partial charge in [-0.15, -0.1) is 0 Å². The molecule has 0 unspecified atom stereocenters. The SMILES string of the molecule is C[N+]#CCc1ccc(C(F)(F)F)c(Cl)c1. The van der Waals surface area contributed by atoms with Crippen LogP contribution in [0.1, 0.15) is 11.1 Å². The molecule has 5 heteroatoms. The van der Waals surface area contributed by atoms with E-state index in [-0.39, 0.29) is 5.02 Å². The summed E-state index contributed by atoms with van der Waals surface area (Å²) in [6.07, 6.45) is -4.05. The molecule has 1 nitrogen and oxygen atoms in total. The van der Waals surface area contributed by atoms with E-state index < -0.39 is 11.7 Å². The van der Waals surface area contributed by atoms with E-state index in [1.807, 2.05) is 0 Å². The summed E-state index contributed by atoms with van der Waals surface area (Å²) in [5, 5.41) is -0.294. The van der Waals surface area contributed by atoms with Crippen LogP contribution in [-0.2, 0) is 12.6 Å². The van der Waals surface area contributed by atoms with Gasteiger partial charge in [0.05, 0.1) is 10.6 Å². The maximum atomic E-state index is 12.3. The van der Waals surface area contributed by atoms with Crippen LogP contribution in [-0.4, -0.2) is 7.05 Å². The first-order valence-corrected chi connectivity index (χ1v) is 4.50. The predicted molar refractivity (Wildman–Crippen MR) is 53.3 cm³/mol. The van der Waals surface area contributed by atoms with E-state index in [0.717, 1.165) is 6.07 Å². The van der Waals surface area contributed by atoms with Gasteiger partial charge in [-0.05, 0) is 17.7 Å². The highest BCUT2D eigenvalue weighted by molar-refractivity contribution is 6.31. The first-order valence-electron chi connectivity index (χ1n) is 4.12. The van der Waals surface area contributed by atoms with E-state index in [1.165, 1.54) is 12.1 Å². The molecule has 0 radical (unpaired) electrons. The first-order chi connectivity index (χ1) is 6.95. The molecule has 1 aromatic rings. The molecule has 0 amide bonds. The lowest BCUT2D eigenvalue weighted by Crippen LogP contribution is -2.05. The van der Waals surface area contributed by atoms with Crippen molar-refractivity contribution in [2.75, 3.05) is 7.05 Å². The summed E-state index contributed by atoms with van der Waals surface area (Å²) in [7, 11) is 1.55. The van der Waals surface area contributed by atoms with Gasteiger partial charge in [-0.25, -0.2) is 0 Å². The zero-order valence-electron chi connectivity index (χ0n) is 7.90. The second kappa shape index (κ2) is 4.54. The number of rotatable bonds is 1. The van der Waals surface area contributed by atoms with Gasteiger partial charge in [0.25, 0.3) is 13.1 Å². The smallest absolute Gasteiger partial charge is 0.166 e. The van der Waals surface area contributed by atoms with E-state index in [1.54, 1.807) is 7.05 Å². The van der Waals surface area contributed by atoms with Gasteiger partial charge in [-0.1, -0.05) is 22.5 Å². The van der Waals surface area contributed by atoms with Crippen molar-refractivity contribution < 1.29 is 13.2 Å². The van der Waals surface area contributed by atoms with Gasteiger partial charge in [0.1, 0.15) is 6.42 Å². The molecule has 0 fully saturated rings. The molecule has 0 aromatic heterocycles. The minimum atomic E-state index is -4.40. The predicted octanol–water partition coefficient (Wildman–Crippen LogP) is 3.86. The van der Waals surface area contributed by atoms with Crippen LogP contribution in [0.25, 0.3) is 4.85 Å². The Labute approximate surface area is 90.3 Å². The van der Waals surface area contributed by atoms with Crippen LogP contribution < -0.4 is 0 Å². The summed E-state index contributed by atoms with van der Waals surface area (Å²) in [4.78, 5) is 3.62. The Bertz CT molecular complexity index is 415. The largest absolute Gasteiger partial charge is 0.417 e. The topological polar surface area (TPSA) is 4.36 Å². The quantitative estimate of drug-likeness (QED) is 0.695. The summed E-state index contributed by atoms with van der Waals surface area (Å²) >= 11 is 5.51. The highest BCUT2D eigenvalue weighted by Crippen LogP contribution is 2.34. The number of halogens is 4. The molecular formula is C10H8ClF3N+. The van der Waals surface area contributed by atoms with E-state index in [2.05, 4.69) is 10.9 Å². The van der Waals surface area contributed by atoms with E-state index in [4.69, 9.17) is 11.6 Å². The second-order valence-electron chi connectivity index (χ2n) is 2.87. The monoisotopic (exact) mass is 234 g/mol. The van der Waals surface area contributed by atoms with Gasteiger partial charge in [0, 0.05) is 0 Å². The zero-order chi connectivity index (χ0) is 11.5. The molecule has 1 aromatic carbocycles. The fraction of sp³-hybridized carbons (Fsp3) is 0.300. The molecule has 1 rings (SSSR count). The highest BCUT2D eigenvalue weighted by atomic mass is 35.5. The van der Waals surface area contributed by atoms with Crippen LogP contribution in [0.5, 0.6) is 0 Å². The summed E-state index contributed by atoms with van der Waals surface area (Å²) in [5.74, 6) is 0. The Morgan fingerprint density at radius 3 is 2.53 bits per heavy atom. The Balaban J connectivity index is 3.02. The van der Waals surface area contributed by atoms with Crippen molar-refractivity contribution in [2.45, 2.75) is 12.6 Å². The van der Waals surface area contributed by atoms with Gasteiger partial charge < -0.3 is 0 Å². The van der Waals surface area contributed by atoms with E-state index in [9.17, 15) is 13.2 Å². The lowest BCUT2D eigenvalue weighted by molar-refractivity contribution is -0.137. The molecule has 15 heavy (non-hydrogen) atoms. The average molecular weight is 235 g/mol. The van der Waals surface area contributed by atoms with Crippen molar-refractivity contribution in [3.63, 3.8) is 0 Å². The molecule has 0 N–H and O–H groups in total. The van der Waals surface area contributed by atoms with Crippen LogP contribution >= 0.6 is 11.6 Å². The molecular weight excluding hydrogens is 227 g/mol. The van der Waals surface area contributed by atoms with Crippen LogP contribution in [0, 0.1) is 6.07 Å². The molecule has 0 saturated carbocycles. The van der Waals surface area contributed by atoms with E-state index in [0.29, 0.717) is 12.0 Å². The number of nitrogens with zero attached hydrogens (tertiary/aromatic N) is 1. The molecule has 0 saturated heterocycles. The third kappa shape index (κ3) is 3.14. The maximum absolute atomic E-state index is 12.3. The molecule has 0 bridgehead atoms. The summed E-state index contributed by atoms with van der Waals surface area (Å²) in [5.41, 5.74) is -0.167. The standard InChI is InChI=1S/C10H8ClF3N/c1-15-5-4-7-2-3-8(9(11)6-7)10(12,13)14/h2-3,6H,4H2,1H3/q+1. The van der Waals surface area contributed by atoms with Crippen molar-refractivity contribution >= 4 is 11.6 Å². The van der Waals surface area contributed by atoms with Crippen molar-refractivity contribution in [1.29, 1.82) is 0 Å². The van der Waals surface area contributed by atoms with Crippen molar-refractivity contribution in [1.82, 2.24) is 0 Å². The fourth-order valence-corrected chi connectivity index (χ4v) is 1.38. The summed E-state index contributed by atoms with van der Waals surface area (Å²) in [6.45, 7) is 0. The Morgan fingerprint density at radius 1 is 1.40 bits per heavy atom. The van der Waals surface area contributed by atoms with Crippen LogP contribution in [0.2, 0.25) is 5.02 Å². The van der Waals surface area contributed by atoms with Crippen LogP contribution in [0.3, 0.4) is 0 Å². The number of hydrogen-bond acceptors (Lipinski definition) is 0. The minimum Gasteiger partial charge on any atom is -0.166 e. The summed E-state index contributed by atoms with van der Waals surface area (Å²) < 4.78 is 36.9. The molecule has 0 atom stereocenters. The third-order valence-corrected chi connectivity index (χ3v) is 2.09. The second-order valence-corrected chi connectivity index (χ2v) is 3.28. The molecule has 0 spiro atoms. The molecule has 0 aliphatic heterocycles. The van der Waals surface area contributed by atoms with Gasteiger partial charge in [-0.3, -0.25) is 0 Å². The van der Waals surface area contributed by atoms with Gasteiger partial charge >= 0.3 is 6.18 Å². The lowest BCUT2D eigenvalue weighted by atomic mass is 10.1. The normalized spacial score (nSPS) is 10.7. The van der Waals surface area contributed by atoms with Crippen molar-refractivity contribution in [3.05, 3.63) is 39.2 Å². The number of benzene rings is 1. The first kappa shape index (κ1) is 11.9. The molecule has 0 aliphatic carbocycles. The highest BCUT2D eigenvalue weighted by Gasteiger charge is 2.32. The average Bonchev–Trinajstić information content (AvgIpc) is 2.12. The van der Waals surface area contributed by atoms with E-state index >= 15 is 0 Å². The Kier molecular flexibility index (Phi) is 3.59. The maximum Gasteiger partial charge on any atom is 0.417 e. The third-order valence-electron chi connectivity index (χ3n) is 1.78. The lowest BCUT2D eigenvalue weighted by Gasteiger charge is -2.08. The van der Waals surface area contributed by atoms with Gasteiger partial charge in [-0.2, -0.15) is 13.2 Å².